The fraction of sp³-hybridized carbons (Fsp3) is 0.412. The number of anilines is 2. The molecule has 1 aromatic heterocycles. The van der Waals surface area contributed by atoms with Gasteiger partial charge in [-0.25, -0.2) is 14.0 Å². The second-order valence-corrected chi connectivity index (χ2v) is 8.15. The number of rotatable bonds is 6. The van der Waals surface area contributed by atoms with Crippen molar-refractivity contribution in [1.29, 1.82) is 0 Å². The van der Waals surface area contributed by atoms with Gasteiger partial charge in [0, 0.05) is 11.9 Å². The van der Waals surface area contributed by atoms with Crippen molar-refractivity contribution >= 4 is 38.5 Å². The van der Waals surface area contributed by atoms with Gasteiger partial charge in [0.15, 0.2) is 0 Å². The van der Waals surface area contributed by atoms with Crippen LogP contribution in [0.15, 0.2) is 24.3 Å². The van der Waals surface area contributed by atoms with Gasteiger partial charge in [-0.3, -0.25) is 4.79 Å². The maximum Gasteiger partial charge on any atom is 0.326 e. The highest BCUT2D eigenvalue weighted by molar-refractivity contribution is 7.92. The lowest BCUT2D eigenvalue weighted by Gasteiger charge is -2.18. The number of fused-ring (bicyclic) bond motifs is 1. The van der Waals surface area contributed by atoms with Crippen LogP contribution < -0.4 is 19.1 Å². The Morgan fingerprint density at radius 3 is 2.73 bits per heavy atom. The van der Waals surface area contributed by atoms with Crippen molar-refractivity contribution in [2.75, 3.05) is 29.8 Å². The van der Waals surface area contributed by atoms with Crippen molar-refractivity contribution in [3.8, 4) is 5.75 Å². The zero-order chi connectivity index (χ0) is 18.9. The highest BCUT2D eigenvalue weighted by Gasteiger charge is 2.35. The van der Waals surface area contributed by atoms with E-state index in [4.69, 9.17) is 4.74 Å². The molecule has 2 aromatic rings. The molecule has 0 spiro atoms. The summed E-state index contributed by atoms with van der Waals surface area (Å²) in [7, 11) is -2.46. The fourth-order valence-electron chi connectivity index (χ4n) is 2.75. The van der Waals surface area contributed by atoms with E-state index in [2.05, 4.69) is 24.1 Å². The number of nitrogens with zero attached hydrogens (tertiary/aromatic N) is 2. The Morgan fingerprint density at radius 2 is 2.12 bits per heavy atom. The number of benzene rings is 1. The molecule has 26 heavy (non-hydrogen) atoms. The van der Waals surface area contributed by atoms with E-state index in [1.54, 1.807) is 12.1 Å². The number of aromatic nitrogens is 1. The molecule has 1 aliphatic heterocycles. The molecular formula is C17H22N4O4S. The molecule has 0 saturated carbocycles. The maximum atomic E-state index is 12.2. The standard InChI is InChI=1S/C17H22N4O4S/c1-11(2)6-7-18-16-5-4-12-8-15(25-3)14(9-13(12)19-16)21-10-17(22)20-26(21,23)24/h4-5,8-9,11H,6-7,10H2,1-3H3,(H,18,19)(H,20,22). The minimum atomic E-state index is -3.91. The Balaban J connectivity index is 1.99. The third-order valence-corrected chi connectivity index (χ3v) is 5.50. The largest absolute Gasteiger partial charge is 0.495 e. The third-order valence-electron chi connectivity index (χ3n) is 4.11. The molecule has 0 atom stereocenters. The van der Waals surface area contributed by atoms with Gasteiger partial charge < -0.3 is 10.1 Å². The Kier molecular flexibility index (Phi) is 4.90. The minimum absolute atomic E-state index is 0.281. The van der Waals surface area contributed by atoms with Crippen molar-refractivity contribution in [1.82, 2.24) is 9.71 Å². The highest BCUT2D eigenvalue weighted by atomic mass is 32.2. The lowest BCUT2D eigenvalue weighted by atomic mass is 10.1. The molecule has 0 unspecified atom stereocenters. The SMILES string of the molecule is COc1cc2ccc(NCCC(C)C)nc2cc1N1CC(=O)NS1(=O)=O. The second kappa shape index (κ2) is 6.99. The zero-order valence-electron chi connectivity index (χ0n) is 14.9. The molecule has 8 nitrogen and oxygen atoms in total. The summed E-state index contributed by atoms with van der Waals surface area (Å²) in [6.07, 6.45) is 1.02. The Bertz CT molecular complexity index is 943. The summed E-state index contributed by atoms with van der Waals surface area (Å²) in [5.74, 6) is 1.08. The van der Waals surface area contributed by atoms with Crippen LogP contribution in [-0.4, -0.2) is 39.5 Å². The van der Waals surface area contributed by atoms with Crippen molar-refractivity contribution in [2.24, 2.45) is 5.92 Å². The van der Waals surface area contributed by atoms with E-state index in [1.807, 2.05) is 16.9 Å². The highest BCUT2D eigenvalue weighted by Crippen LogP contribution is 2.35. The van der Waals surface area contributed by atoms with E-state index >= 15 is 0 Å². The molecule has 1 amide bonds. The molecule has 1 aliphatic rings. The quantitative estimate of drug-likeness (QED) is 0.796. The van der Waals surface area contributed by atoms with Crippen LogP contribution >= 0.6 is 0 Å². The summed E-state index contributed by atoms with van der Waals surface area (Å²) in [5.41, 5.74) is 0.898. The first-order valence-electron chi connectivity index (χ1n) is 8.36. The van der Waals surface area contributed by atoms with Gasteiger partial charge in [0.05, 0.1) is 18.3 Å². The van der Waals surface area contributed by atoms with Gasteiger partial charge >= 0.3 is 10.2 Å². The molecule has 1 aromatic carbocycles. The predicted octanol–water partition coefficient (Wildman–Crippen LogP) is 1.88. The summed E-state index contributed by atoms with van der Waals surface area (Å²) in [5, 5.41) is 4.08. The first-order chi connectivity index (χ1) is 12.3. The van der Waals surface area contributed by atoms with E-state index in [9.17, 15) is 13.2 Å². The molecule has 0 aliphatic carbocycles. The first-order valence-corrected chi connectivity index (χ1v) is 9.80. The summed E-state index contributed by atoms with van der Waals surface area (Å²) >= 11 is 0. The number of methoxy groups -OCH3 is 1. The van der Waals surface area contributed by atoms with E-state index < -0.39 is 16.1 Å². The van der Waals surface area contributed by atoms with Crippen LogP contribution in [0.2, 0.25) is 0 Å². The van der Waals surface area contributed by atoms with Gasteiger partial charge in [-0.05, 0) is 36.6 Å². The number of hydrogen-bond donors (Lipinski definition) is 2. The van der Waals surface area contributed by atoms with Crippen LogP contribution in [0, 0.1) is 5.92 Å². The van der Waals surface area contributed by atoms with Crippen LogP contribution in [0.5, 0.6) is 5.75 Å². The molecule has 0 radical (unpaired) electrons. The molecule has 9 heteroatoms. The number of amides is 1. The predicted molar refractivity (Wildman–Crippen MR) is 101 cm³/mol. The topological polar surface area (TPSA) is 101 Å². The Morgan fingerprint density at radius 1 is 1.35 bits per heavy atom. The number of carbonyl (C=O) groups is 1. The smallest absolute Gasteiger partial charge is 0.326 e. The average Bonchev–Trinajstić information content (AvgIpc) is 2.85. The van der Waals surface area contributed by atoms with Gasteiger partial charge in [0.25, 0.3) is 5.91 Å². The molecule has 3 rings (SSSR count). The fourth-order valence-corrected chi connectivity index (χ4v) is 3.90. The summed E-state index contributed by atoms with van der Waals surface area (Å²) in [6, 6.07) is 7.11. The summed E-state index contributed by atoms with van der Waals surface area (Å²) in [6.45, 7) is 4.83. The minimum Gasteiger partial charge on any atom is -0.495 e. The number of carbonyl (C=O) groups excluding carboxylic acids is 1. The van der Waals surface area contributed by atoms with Gasteiger partial charge in [-0.1, -0.05) is 13.8 Å². The van der Waals surface area contributed by atoms with Gasteiger partial charge in [0.2, 0.25) is 0 Å². The molecule has 2 N–H and O–H groups in total. The average molecular weight is 378 g/mol. The number of nitrogens with one attached hydrogen (secondary N) is 2. The normalized spacial score (nSPS) is 16.2. The van der Waals surface area contributed by atoms with Crippen molar-refractivity contribution in [2.45, 2.75) is 20.3 Å². The number of hydrogen-bond acceptors (Lipinski definition) is 6. The zero-order valence-corrected chi connectivity index (χ0v) is 15.8. The van der Waals surface area contributed by atoms with E-state index in [-0.39, 0.29) is 12.2 Å². The van der Waals surface area contributed by atoms with E-state index in [0.29, 0.717) is 23.0 Å². The number of ether oxygens (including phenoxy) is 1. The molecule has 1 fully saturated rings. The maximum absolute atomic E-state index is 12.2. The molecule has 0 bridgehead atoms. The Labute approximate surface area is 152 Å². The summed E-state index contributed by atoms with van der Waals surface area (Å²) < 4.78 is 32.6. The van der Waals surface area contributed by atoms with E-state index in [0.717, 1.165) is 22.7 Å². The monoisotopic (exact) mass is 378 g/mol. The molecule has 140 valence electrons. The lowest BCUT2D eigenvalue weighted by Crippen LogP contribution is -2.29. The van der Waals surface area contributed by atoms with E-state index in [1.165, 1.54) is 7.11 Å². The van der Waals surface area contributed by atoms with Gasteiger partial charge in [-0.2, -0.15) is 8.42 Å². The van der Waals surface area contributed by atoms with Crippen LogP contribution in [0.4, 0.5) is 11.5 Å². The van der Waals surface area contributed by atoms with Crippen molar-refractivity contribution < 1.29 is 17.9 Å². The summed E-state index contributed by atoms with van der Waals surface area (Å²) in [4.78, 5) is 16.1. The van der Waals surface area contributed by atoms with Gasteiger partial charge in [0.1, 0.15) is 18.1 Å². The van der Waals surface area contributed by atoms with Crippen LogP contribution in [0.3, 0.4) is 0 Å². The molecular weight excluding hydrogens is 356 g/mol. The molecule has 2 heterocycles. The van der Waals surface area contributed by atoms with Crippen molar-refractivity contribution in [3.63, 3.8) is 0 Å². The lowest BCUT2D eigenvalue weighted by molar-refractivity contribution is -0.117. The Hall–Kier alpha value is -2.55. The van der Waals surface area contributed by atoms with Crippen molar-refractivity contribution in [3.05, 3.63) is 24.3 Å². The van der Waals surface area contributed by atoms with Crippen LogP contribution in [0.1, 0.15) is 20.3 Å². The third kappa shape index (κ3) is 3.67. The van der Waals surface area contributed by atoms with Crippen LogP contribution in [0.25, 0.3) is 10.9 Å². The van der Waals surface area contributed by atoms with Gasteiger partial charge in [-0.15, -0.1) is 0 Å². The number of pyridine rings is 1. The first kappa shape index (κ1) is 18.2. The van der Waals surface area contributed by atoms with Crippen LogP contribution in [-0.2, 0) is 15.0 Å². The second-order valence-electron chi connectivity index (χ2n) is 6.56. The molecule has 1 saturated heterocycles.